The molecule has 2 N–H and O–H groups in total. The van der Waals surface area contributed by atoms with Gasteiger partial charge in [0, 0.05) is 12.2 Å². The molecule has 0 heterocycles. The van der Waals surface area contributed by atoms with Crippen molar-refractivity contribution >= 4 is 0 Å². The van der Waals surface area contributed by atoms with E-state index in [0.29, 0.717) is 6.61 Å². The van der Waals surface area contributed by atoms with E-state index in [1.54, 1.807) is 13.0 Å². The fourth-order valence-electron chi connectivity index (χ4n) is 1.34. The quantitative estimate of drug-likeness (QED) is 0.872. The summed E-state index contributed by atoms with van der Waals surface area (Å²) in [5.74, 6) is -0.285. The Morgan fingerprint density at radius 2 is 1.94 bits per heavy atom. The lowest BCUT2D eigenvalue weighted by atomic mass is 10.1. The lowest BCUT2D eigenvalue weighted by molar-refractivity contribution is -0.275. The highest BCUT2D eigenvalue weighted by Crippen LogP contribution is 2.29. The van der Waals surface area contributed by atoms with Crippen LogP contribution in [0, 0.1) is 0 Å². The van der Waals surface area contributed by atoms with Crippen molar-refractivity contribution in [2.45, 2.75) is 19.3 Å². The smallest absolute Gasteiger partial charge is 0.405 e. The molecule has 1 unspecified atom stereocenters. The van der Waals surface area contributed by atoms with Crippen LogP contribution < -0.4 is 10.5 Å². The van der Waals surface area contributed by atoms with Gasteiger partial charge in [-0.3, -0.25) is 0 Å². The number of rotatable bonds is 5. The Labute approximate surface area is 97.3 Å². The van der Waals surface area contributed by atoms with E-state index in [9.17, 15) is 13.2 Å². The highest BCUT2D eigenvalue weighted by molar-refractivity contribution is 5.35. The van der Waals surface area contributed by atoms with E-state index in [4.69, 9.17) is 10.5 Å². The largest absolute Gasteiger partial charge is 0.573 e. The number of hydrogen-bond acceptors (Lipinski definition) is 3. The molecule has 0 radical (unpaired) electrons. The van der Waals surface area contributed by atoms with Crippen molar-refractivity contribution in [3.8, 4) is 5.75 Å². The molecule has 17 heavy (non-hydrogen) atoms. The van der Waals surface area contributed by atoms with Crippen LogP contribution in [0.2, 0.25) is 0 Å². The van der Waals surface area contributed by atoms with E-state index >= 15 is 0 Å². The number of halogens is 3. The van der Waals surface area contributed by atoms with Crippen LogP contribution >= 0.6 is 0 Å². The molecule has 1 rings (SSSR count). The van der Waals surface area contributed by atoms with Gasteiger partial charge in [0.25, 0.3) is 0 Å². The van der Waals surface area contributed by atoms with Crippen molar-refractivity contribution in [1.29, 1.82) is 0 Å². The maximum absolute atomic E-state index is 12.1. The second-order valence-electron chi connectivity index (χ2n) is 3.35. The van der Waals surface area contributed by atoms with Gasteiger partial charge in [0.05, 0.1) is 12.6 Å². The normalized spacial score (nSPS) is 13.5. The van der Waals surface area contributed by atoms with Gasteiger partial charge in [-0.2, -0.15) is 0 Å². The Kier molecular flexibility index (Phi) is 4.77. The summed E-state index contributed by atoms with van der Waals surface area (Å²) in [7, 11) is 0. The maximum atomic E-state index is 12.1. The van der Waals surface area contributed by atoms with Gasteiger partial charge in [-0.25, -0.2) is 0 Å². The number of benzene rings is 1. The number of nitrogens with two attached hydrogens (primary N) is 1. The van der Waals surface area contributed by atoms with Crippen molar-refractivity contribution in [3.05, 3.63) is 29.8 Å². The molecule has 0 aromatic heterocycles. The van der Waals surface area contributed by atoms with Crippen molar-refractivity contribution in [1.82, 2.24) is 0 Å². The molecular weight excluding hydrogens is 235 g/mol. The number of alkyl halides is 3. The van der Waals surface area contributed by atoms with E-state index < -0.39 is 12.4 Å². The first-order valence-electron chi connectivity index (χ1n) is 5.12. The highest BCUT2D eigenvalue weighted by atomic mass is 19.4. The SMILES string of the molecule is CCOCC(N)c1ccccc1OC(F)(F)F. The Hall–Kier alpha value is -1.27. The highest BCUT2D eigenvalue weighted by Gasteiger charge is 2.32. The second-order valence-corrected chi connectivity index (χ2v) is 3.35. The van der Waals surface area contributed by atoms with E-state index in [-0.39, 0.29) is 17.9 Å². The number of hydrogen-bond donors (Lipinski definition) is 1. The lowest BCUT2D eigenvalue weighted by Gasteiger charge is -2.17. The van der Waals surface area contributed by atoms with Crippen LogP contribution in [0.25, 0.3) is 0 Å². The van der Waals surface area contributed by atoms with E-state index in [2.05, 4.69) is 4.74 Å². The summed E-state index contributed by atoms with van der Waals surface area (Å²) in [4.78, 5) is 0. The molecule has 0 aliphatic carbocycles. The fraction of sp³-hybridized carbons (Fsp3) is 0.455. The summed E-state index contributed by atoms with van der Waals surface area (Å²) in [6.07, 6.45) is -4.72. The molecule has 1 aromatic rings. The van der Waals surface area contributed by atoms with Gasteiger partial charge < -0.3 is 15.2 Å². The molecule has 6 heteroatoms. The minimum atomic E-state index is -4.72. The zero-order valence-electron chi connectivity index (χ0n) is 9.33. The lowest BCUT2D eigenvalue weighted by Crippen LogP contribution is -2.22. The van der Waals surface area contributed by atoms with Gasteiger partial charge in [-0.15, -0.1) is 13.2 Å². The molecule has 0 spiro atoms. The monoisotopic (exact) mass is 249 g/mol. The van der Waals surface area contributed by atoms with Crippen LogP contribution in [-0.4, -0.2) is 19.6 Å². The minimum Gasteiger partial charge on any atom is -0.405 e. The molecule has 0 aliphatic rings. The van der Waals surface area contributed by atoms with Gasteiger partial charge >= 0.3 is 6.36 Å². The molecule has 0 saturated heterocycles. The summed E-state index contributed by atoms with van der Waals surface area (Å²) >= 11 is 0. The van der Waals surface area contributed by atoms with Gasteiger partial charge in [-0.1, -0.05) is 18.2 Å². The molecule has 1 aromatic carbocycles. The molecule has 3 nitrogen and oxygen atoms in total. The first kappa shape index (κ1) is 13.8. The topological polar surface area (TPSA) is 44.5 Å². The van der Waals surface area contributed by atoms with Crippen LogP contribution in [0.15, 0.2) is 24.3 Å². The standard InChI is InChI=1S/C11H14F3NO2/c1-2-16-7-9(15)8-5-3-4-6-10(8)17-11(12,13)14/h3-6,9H,2,7,15H2,1H3. The maximum Gasteiger partial charge on any atom is 0.573 e. The Balaban J connectivity index is 2.83. The minimum absolute atomic E-state index is 0.148. The van der Waals surface area contributed by atoms with Crippen molar-refractivity contribution in [2.75, 3.05) is 13.2 Å². The third-order valence-electron chi connectivity index (χ3n) is 2.05. The van der Waals surface area contributed by atoms with Crippen molar-refractivity contribution < 1.29 is 22.6 Å². The summed E-state index contributed by atoms with van der Waals surface area (Å²) < 4.78 is 45.4. The van der Waals surface area contributed by atoms with E-state index in [1.165, 1.54) is 18.2 Å². The van der Waals surface area contributed by atoms with Gasteiger partial charge in [0.1, 0.15) is 5.75 Å². The zero-order valence-corrected chi connectivity index (χ0v) is 9.33. The zero-order chi connectivity index (χ0) is 12.9. The Morgan fingerprint density at radius 1 is 1.29 bits per heavy atom. The predicted octanol–water partition coefficient (Wildman–Crippen LogP) is 2.62. The second kappa shape index (κ2) is 5.88. The molecular formula is C11H14F3NO2. The summed E-state index contributed by atoms with van der Waals surface area (Å²) in [5, 5.41) is 0. The first-order chi connectivity index (χ1) is 7.94. The van der Waals surface area contributed by atoms with E-state index in [1.807, 2.05) is 0 Å². The fourth-order valence-corrected chi connectivity index (χ4v) is 1.34. The predicted molar refractivity (Wildman–Crippen MR) is 56.5 cm³/mol. The van der Waals surface area contributed by atoms with Gasteiger partial charge in [-0.05, 0) is 13.0 Å². The number of ether oxygens (including phenoxy) is 2. The molecule has 0 bridgehead atoms. The Morgan fingerprint density at radius 3 is 2.53 bits per heavy atom. The average Bonchev–Trinajstić information content (AvgIpc) is 2.24. The third-order valence-corrected chi connectivity index (χ3v) is 2.05. The van der Waals surface area contributed by atoms with Crippen LogP contribution in [0.3, 0.4) is 0 Å². The Bertz CT molecular complexity index is 355. The van der Waals surface area contributed by atoms with Crippen LogP contribution in [0.5, 0.6) is 5.75 Å². The molecule has 0 fully saturated rings. The first-order valence-corrected chi connectivity index (χ1v) is 5.12. The van der Waals surface area contributed by atoms with Crippen molar-refractivity contribution in [3.63, 3.8) is 0 Å². The summed E-state index contributed by atoms with van der Waals surface area (Å²) in [6.45, 7) is 2.38. The van der Waals surface area contributed by atoms with Crippen LogP contribution in [0.4, 0.5) is 13.2 Å². The van der Waals surface area contributed by atoms with Gasteiger partial charge in [0.2, 0.25) is 0 Å². The molecule has 1 atom stereocenters. The molecule has 0 amide bonds. The van der Waals surface area contributed by atoms with Crippen LogP contribution in [0.1, 0.15) is 18.5 Å². The summed E-state index contributed by atoms with van der Waals surface area (Å²) in [6, 6.07) is 5.13. The summed E-state index contributed by atoms with van der Waals surface area (Å²) in [5.41, 5.74) is 6.00. The average molecular weight is 249 g/mol. The van der Waals surface area contributed by atoms with Crippen molar-refractivity contribution in [2.24, 2.45) is 5.73 Å². The molecule has 0 saturated carbocycles. The molecule has 0 aliphatic heterocycles. The number of para-hydroxylation sites is 1. The molecule has 96 valence electrons. The van der Waals surface area contributed by atoms with Gasteiger partial charge in [0.15, 0.2) is 0 Å². The van der Waals surface area contributed by atoms with E-state index in [0.717, 1.165) is 0 Å². The van der Waals surface area contributed by atoms with Crippen LogP contribution in [-0.2, 0) is 4.74 Å². The third kappa shape index (κ3) is 4.62.